The minimum atomic E-state index is -3.70. The van der Waals surface area contributed by atoms with Crippen LogP contribution in [-0.2, 0) is 21.3 Å². The van der Waals surface area contributed by atoms with Gasteiger partial charge >= 0.3 is 0 Å². The zero-order chi connectivity index (χ0) is 21.9. The zero-order valence-electron chi connectivity index (χ0n) is 16.9. The summed E-state index contributed by atoms with van der Waals surface area (Å²) >= 11 is 12.1. The molecule has 0 spiro atoms. The van der Waals surface area contributed by atoms with Crippen LogP contribution < -0.4 is 0 Å². The average Bonchev–Trinajstić information content (AvgIpc) is 2.75. The Morgan fingerprint density at radius 3 is 2.43 bits per heavy atom. The Balaban J connectivity index is 1.87. The summed E-state index contributed by atoms with van der Waals surface area (Å²) in [4.78, 5) is 14.9. The number of morpholine rings is 1. The maximum absolute atomic E-state index is 13.1. The number of nitrogens with zero attached hydrogens (tertiary/aromatic N) is 2. The highest BCUT2D eigenvalue weighted by atomic mass is 35.5. The van der Waals surface area contributed by atoms with E-state index in [2.05, 4.69) is 0 Å². The van der Waals surface area contributed by atoms with Gasteiger partial charge < -0.3 is 9.64 Å². The topological polar surface area (TPSA) is 66.9 Å². The Hall–Kier alpha value is -1.64. The predicted octanol–water partition coefficient (Wildman–Crippen LogP) is 3.99. The molecule has 1 amide bonds. The third-order valence-electron chi connectivity index (χ3n) is 5.05. The van der Waals surface area contributed by atoms with Crippen LogP contribution in [0.15, 0.2) is 41.3 Å². The highest BCUT2D eigenvalue weighted by Gasteiger charge is 2.29. The highest BCUT2D eigenvalue weighted by Crippen LogP contribution is 2.25. The first-order valence-electron chi connectivity index (χ1n) is 9.65. The Kier molecular flexibility index (Phi) is 7.42. The molecule has 30 heavy (non-hydrogen) atoms. The second kappa shape index (κ2) is 9.66. The van der Waals surface area contributed by atoms with E-state index in [4.69, 9.17) is 27.9 Å². The van der Waals surface area contributed by atoms with Gasteiger partial charge in [-0.1, -0.05) is 35.3 Å². The number of benzene rings is 2. The molecule has 1 fully saturated rings. The number of sulfonamides is 1. The molecule has 0 aliphatic carbocycles. The number of halogens is 2. The minimum Gasteiger partial charge on any atom is -0.379 e. The molecule has 0 bridgehead atoms. The van der Waals surface area contributed by atoms with E-state index in [9.17, 15) is 13.2 Å². The molecule has 2 aromatic carbocycles. The lowest BCUT2D eigenvalue weighted by Gasteiger charge is -2.27. The number of ether oxygens (including phenoxy) is 1. The van der Waals surface area contributed by atoms with Gasteiger partial charge in [0.05, 0.1) is 28.2 Å². The third kappa shape index (κ3) is 4.98. The molecule has 9 heteroatoms. The molecule has 0 unspecified atom stereocenters. The third-order valence-corrected chi connectivity index (χ3v) is 7.83. The van der Waals surface area contributed by atoms with Gasteiger partial charge in [0.15, 0.2) is 0 Å². The van der Waals surface area contributed by atoms with Crippen LogP contribution in [0.4, 0.5) is 0 Å². The molecule has 162 valence electrons. The summed E-state index contributed by atoms with van der Waals surface area (Å²) in [7, 11) is -3.70. The molecular weight excluding hydrogens is 447 g/mol. The fourth-order valence-electron chi connectivity index (χ4n) is 3.31. The molecule has 1 saturated heterocycles. The summed E-state index contributed by atoms with van der Waals surface area (Å²) in [6.45, 7) is 5.74. The van der Waals surface area contributed by atoms with Gasteiger partial charge in [0.1, 0.15) is 0 Å². The number of hydrogen-bond donors (Lipinski definition) is 0. The quantitative estimate of drug-likeness (QED) is 0.639. The van der Waals surface area contributed by atoms with E-state index in [1.165, 1.54) is 10.4 Å². The first-order chi connectivity index (χ1) is 14.2. The number of carbonyl (C=O) groups excluding carboxylic acids is 1. The van der Waals surface area contributed by atoms with Crippen molar-refractivity contribution in [2.75, 3.05) is 32.8 Å². The maximum Gasteiger partial charge on any atom is 0.254 e. The zero-order valence-corrected chi connectivity index (χ0v) is 19.2. The van der Waals surface area contributed by atoms with Gasteiger partial charge in [0.25, 0.3) is 5.91 Å². The molecule has 0 N–H and O–H groups in total. The lowest BCUT2D eigenvalue weighted by molar-refractivity contribution is 0.0729. The van der Waals surface area contributed by atoms with Crippen LogP contribution in [-0.4, -0.2) is 56.4 Å². The lowest BCUT2D eigenvalue weighted by Crippen LogP contribution is -2.41. The van der Waals surface area contributed by atoms with E-state index in [1.807, 2.05) is 13.0 Å². The molecule has 1 aliphatic rings. The molecule has 6 nitrogen and oxygen atoms in total. The average molecular weight is 471 g/mol. The van der Waals surface area contributed by atoms with E-state index < -0.39 is 10.0 Å². The Morgan fingerprint density at radius 1 is 1.10 bits per heavy atom. The standard InChI is InChI=1S/C21H24Cl2N2O4S/c1-3-24(14-16-5-7-18(22)19(23)12-16)21(26)17-6-4-15(2)20(13-17)30(27,28)25-8-10-29-11-9-25/h4-7,12-13H,3,8-11,14H2,1-2H3. The molecule has 3 rings (SSSR count). The van der Waals surface area contributed by atoms with E-state index in [-0.39, 0.29) is 10.8 Å². The van der Waals surface area contributed by atoms with Crippen LogP contribution in [0.2, 0.25) is 10.0 Å². The first kappa shape index (κ1) is 23.0. The summed E-state index contributed by atoms with van der Waals surface area (Å²) in [6, 6.07) is 10.0. The van der Waals surface area contributed by atoms with Crippen LogP contribution in [0.5, 0.6) is 0 Å². The highest BCUT2D eigenvalue weighted by molar-refractivity contribution is 7.89. The number of rotatable bonds is 6. The van der Waals surface area contributed by atoms with Crippen molar-refractivity contribution in [2.45, 2.75) is 25.3 Å². The van der Waals surface area contributed by atoms with Crippen LogP contribution >= 0.6 is 23.2 Å². The van der Waals surface area contributed by atoms with Crippen molar-refractivity contribution in [1.29, 1.82) is 0 Å². The van der Waals surface area contributed by atoms with E-state index in [0.717, 1.165) is 5.56 Å². The van der Waals surface area contributed by atoms with Crippen LogP contribution in [0, 0.1) is 6.92 Å². The molecule has 0 atom stereocenters. The second-order valence-corrected chi connectivity index (χ2v) is 9.79. The summed E-state index contributed by atoms with van der Waals surface area (Å²) in [5, 5.41) is 0.873. The minimum absolute atomic E-state index is 0.154. The van der Waals surface area contributed by atoms with Gasteiger partial charge in [-0.2, -0.15) is 4.31 Å². The van der Waals surface area contributed by atoms with Gasteiger partial charge in [-0.3, -0.25) is 4.79 Å². The Bertz CT molecular complexity index is 1040. The molecular formula is C21H24Cl2N2O4S. The fourth-order valence-corrected chi connectivity index (χ4v) is 5.28. The number of hydrogen-bond acceptors (Lipinski definition) is 4. The number of aryl methyl sites for hydroxylation is 1. The molecule has 0 aromatic heterocycles. The van der Waals surface area contributed by atoms with E-state index in [1.54, 1.807) is 36.1 Å². The molecule has 1 aliphatic heterocycles. The molecule has 1 heterocycles. The van der Waals surface area contributed by atoms with Crippen molar-refractivity contribution in [1.82, 2.24) is 9.21 Å². The normalized spacial score (nSPS) is 15.2. The number of amides is 1. The smallest absolute Gasteiger partial charge is 0.254 e. The second-order valence-electron chi connectivity index (χ2n) is 7.06. The molecule has 0 saturated carbocycles. The van der Waals surface area contributed by atoms with Crippen molar-refractivity contribution >= 4 is 39.1 Å². The van der Waals surface area contributed by atoms with Gasteiger partial charge in [-0.05, 0) is 49.2 Å². The SMILES string of the molecule is CCN(Cc1ccc(Cl)c(Cl)c1)C(=O)c1ccc(C)c(S(=O)(=O)N2CCOCC2)c1. The van der Waals surface area contributed by atoms with Crippen molar-refractivity contribution < 1.29 is 17.9 Å². The van der Waals surface area contributed by atoms with E-state index >= 15 is 0 Å². The van der Waals surface area contributed by atoms with Crippen molar-refractivity contribution in [2.24, 2.45) is 0 Å². The van der Waals surface area contributed by atoms with Crippen LogP contribution in [0.25, 0.3) is 0 Å². The summed E-state index contributed by atoms with van der Waals surface area (Å²) < 4.78 is 32.9. The summed E-state index contributed by atoms with van der Waals surface area (Å²) in [6.07, 6.45) is 0. The maximum atomic E-state index is 13.1. The monoisotopic (exact) mass is 470 g/mol. The van der Waals surface area contributed by atoms with Crippen LogP contribution in [0.3, 0.4) is 0 Å². The van der Waals surface area contributed by atoms with Gasteiger partial charge in [0.2, 0.25) is 10.0 Å². The largest absolute Gasteiger partial charge is 0.379 e. The molecule has 2 aromatic rings. The fraction of sp³-hybridized carbons (Fsp3) is 0.381. The van der Waals surface area contributed by atoms with Crippen LogP contribution in [0.1, 0.15) is 28.4 Å². The lowest BCUT2D eigenvalue weighted by atomic mass is 10.1. The Labute approximate surface area is 187 Å². The first-order valence-corrected chi connectivity index (χ1v) is 11.9. The van der Waals surface area contributed by atoms with Crippen molar-refractivity contribution in [3.63, 3.8) is 0 Å². The number of carbonyl (C=O) groups is 1. The van der Waals surface area contributed by atoms with Crippen molar-refractivity contribution in [3.05, 3.63) is 63.1 Å². The van der Waals surface area contributed by atoms with Gasteiger partial charge in [-0.25, -0.2) is 8.42 Å². The van der Waals surface area contributed by atoms with Gasteiger partial charge in [0, 0.05) is 31.7 Å². The predicted molar refractivity (Wildman–Crippen MR) is 118 cm³/mol. The molecule has 0 radical (unpaired) electrons. The van der Waals surface area contributed by atoms with Crippen molar-refractivity contribution in [3.8, 4) is 0 Å². The summed E-state index contributed by atoms with van der Waals surface area (Å²) in [5.41, 5.74) is 1.77. The Morgan fingerprint density at radius 2 is 1.80 bits per heavy atom. The van der Waals surface area contributed by atoms with Gasteiger partial charge in [-0.15, -0.1) is 0 Å². The van der Waals surface area contributed by atoms with E-state index in [0.29, 0.717) is 60.6 Å². The summed E-state index contributed by atoms with van der Waals surface area (Å²) in [5.74, 6) is -0.248.